The molecule has 0 fully saturated rings. The van der Waals surface area contributed by atoms with Gasteiger partial charge in [-0.15, -0.1) is 0 Å². The second-order valence-corrected chi connectivity index (χ2v) is 6.25. The van der Waals surface area contributed by atoms with Gasteiger partial charge < -0.3 is 24.9 Å². The average Bonchev–Trinajstić information content (AvgIpc) is 2.67. The summed E-state index contributed by atoms with van der Waals surface area (Å²) in [6.07, 6.45) is 0. The summed E-state index contributed by atoms with van der Waals surface area (Å²) in [7, 11) is 3.06. The molecule has 0 saturated carbocycles. The van der Waals surface area contributed by atoms with Gasteiger partial charge in [-0.25, -0.2) is 9.78 Å². The van der Waals surface area contributed by atoms with E-state index in [4.69, 9.17) is 14.6 Å². The van der Waals surface area contributed by atoms with Gasteiger partial charge in [0.2, 0.25) is 0 Å². The highest BCUT2D eigenvalue weighted by molar-refractivity contribution is 5.87. The van der Waals surface area contributed by atoms with E-state index in [1.807, 2.05) is 6.07 Å². The number of carbonyl (C=O) groups is 1. The minimum atomic E-state index is -0.970. The summed E-state index contributed by atoms with van der Waals surface area (Å²) in [5.74, 6) is 0.516. The van der Waals surface area contributed by atoms with Crippen molar-refractivity contribution in [1.29, 1.82) is 0 Å². The lowest BCUT2D eigenvalue weighted by atomic mass is 10.1. The van der Waals surface area contributed by atoms with Crippen LogP contribution in [0.3, 0.4) is 0 Å². The zero-order valence-corrected chi connectivity index (χ0v) is 15.8. The van der Waals surface area contributed by atoms with Gasteiger partial charge in [0.1, 0.15) is 5.82 Å². The fourth-order valence-electron chi connectivity index (χ4n) is 3.12. The molecule has 0 atom stereocenters. The van der Waals surface area contributed by atoms with Gasteiger partial charge in [0.25, 0.3) is 5.56 Å². The van der Waals surface area contributed by atoms with E-state index in [1.54, 1.807) is 25.1 Å². The van der Waals surface area contributed by atoms with Crippen molar-refractivity contribution in [2.24, 2.45) is 0 Å². The molecular weight excluding hydrogens is 362 g/mol. The van der Waals surface area contributed by atoms with E-state index < -0.39 is 5.97 Å². The maximum Gasteiger partial charge on any atom is 0.335 e. The quantitative estimate of drug-likeness (QED) is 0.573. The molecule has 0 aliphatic heterocycles. The Morgan fingerprint density at radius 3 is 2.68 bits per heavy atom. The Balaban J connectivity index is 1.83. The molecule has 0 bridgehead atoms. The van der Waals surface area contributed by atoms with E-state index in [1.165, 1.54) is 20.3 Å². The van der Waals surface area contributed by atoms with Crippen molar-refractivity contribution >= 4 is 16.9 Å². The van der Waals surface area contributed by atoms with Crippen molar-refractivity contribution < 1.29 is 19.4 Å². The summed E-state index contributed by atoms with van der Waals surface area (Å²) in [4.78, 5) is 30.9. The smallest absolute Gasteiger partial charge is 0.335 e. The molecule has 0 amide bonds. The number of hydrogen-bond acceptors (Lipinski definition) is 6. The minimum Gasteiger partial charge on any atom is -0.493 e. The average molecular weight is 383 g/mol. The summed E-state index contributed by atoms with van der Waals surface area (Å²) >= 11 is 0. The van der Waals surface area contributed by atoms with Crippen molar-refractivity contribution in [2.45, 2.75) is 20.0 Å². The number of aromatic carboxylic acids is 1. The first-order chi connectivity index (χ1) is 13.4. The number of aryl methyl sites for hydroxylation is 1. The summed E-state index contributed by atoms with van der Waals surface area (Å²) in [6.45, 7) is 2.54. The Morgan fingerprint density at radius 2 is 2.00 bits per heavy atom. The third-order valence-electron chi connectivity index (χ3n) is 4.42. The van der Waals surface area contributed by atoms with E-state index in [9.17, 15) is 9.59 Å². The molecule has 3 rings (SSSR count). The van der Waals surface area contributed by atoms with E-state index in [0.29, 0.717) is 46.9 Å². The molecule has 1 aromatic heterocycles. The van der Waals surface area contributed by atoms with Crippen LogP contribution in [0.15, 0.2) is 35.1 Å². The Labute approximate surface area is 161 Å². The molecule has 2 aromatic carbocycles. The topological polar surface area (TPSA) is 114 Å². The molecule has 28 heavy (non-hydrogen) atoms. The van der Waals surface area contributed by atoms with Crippen LogP contribution in [-0.2, 0) is 13.1 Å². The SMILES string of the molecule is COc1cc2nc(CNCc3cccc(C(=O)O)c3)[nH]c(=O)c2c(C)c1OC. The van der Waals surface area contributed by atoms with Crippen molar-refractivity contribution in [3.05, 3.63) is 63.2 Å². The van der Waals surface area contributed by atoms with Crippen LogP contribution in [0.4, 0.5) is 0 Å². The number of carboxylic acid groups (broad SMARTS) is 1. The number of rotatable bonds is 7. The van der Waals surface area contributed by atoms with Gasteiger partial charge in [-0.05, 0) is 24.6 Å². The number of benzene rings is 2. The summed E-state index contributed by atoms with van der Waals surface area (Å²) < 4.78 is 10.7. The minimum absolute atomic E-state index is 0.230. The summed E-state index contributed by atoms with van der Waals surface area (Å²) in [5, 5.41) is 12.7. The number of ether oxygens (including phenoxy) is 2. The van der Waals surface area contributed by atoms with Crippen molar-refractivity contribution in [3.63, 3.8) is 0 Å². The Hall–Kier alpha value is -3.39. The first kappa shape index (κ1) is 19.4. The lowest BCUT2D eigenvalue weighted by molar-refractivity contribution is 0.0696. The molecule has 8 nitrogen and oxygen atoms in total. The van der Waals surface area contributed by atoms with Crippen LogP contribution in [0.2, 0.25) is 0 Å². The predicted octanol–water partition coefficient (Wildman–Crippen LogP) is 2.24. The van der Waals surface area contributed by atoms with Crippen molar-refractivity contribution in [3.8, 4) is 11.5 Å². The highest BCUT2D eigenvalue weighted by Gasteiger charge is 2.16. The second kappa shape index (κ2) is 8.10. The third-order valence-corrected chi connectivity index (χ3v) is 4.42. The molecule has 8 heteroatoms. The van der Waals surface area contributed by atoms with E-state index in [0.717, 1.165) is 5.56 Å². The Kier molecular flexibility index (Phi) is 5.60. The molecular formula is C20H21N3O5. The molecule has 3 N–H and O–H groups in total. The van der Waals surface area contributed by atoms with Crippen molar-refractivity contribution in [1.82, 2.24) is 15.3 Å². The van der Waals surface area contributed by atoms with Crippen LogP contribution >= 0.6 is 0 Å². The molecule has 0 aliphatic rings. The molecule has 1 heterocycles. The fraction of sp³-hybridized carbons (Fsp3) is 0.250. The molecule has 0 saturated heterocycles. The molecule has 0 unspecified atom stereocenters. The summed E-state index contributed by atoms with van der Waals surface area (Å²) in [5.41, 5.74) is 1.98. The Morgan fingerprint density at radius 1 is 1.21 bits per heavy atom. The number of fused-ring (bicyclic) bond motifs is 1. The predicted molar refractivity (Wildman–Crippen MR) is 104 cm³/mol. The van der Waals surface area contributed by atoms with Gasteiger partial charge in [0.05, 0.1) is 37.2 Å². The monoisotopic (exact) mass is 383 g/mol. The lowest BCUT2D eigenvalue weighted by Gasteiger charge is -2.13. The van der Waals surface area contributed by atoms with Crippen LogP contribution in [0.5, 0.6) is 11.5 Å². The highest BCUT2D eigenvalue weighted by Crippen LogP contribution is 2.34. The Bertz CT molecular complexity index is 1090. The van der Waals surface area contributed by atoms with Gasteiger partial charge in [-0.3, -0.25) is 4.79 Å². The fourth-order valence-corrected chi connectivity index (χ4v) is 3.12. The normalized spacial score (nSPS) is 10.8. The maximum atomic E-state index is 12.6. The number of aromatic amines is 1. The largest absolute Gasteiger partial charge is 0.493 e. The van der Waals surface area contributed by atoms with E-state index in [-0.39, 0.29) is 11.1 Å². The molecule has 3 aromatic rings. The zero-order chi connectivity index (χ0) is 20.3. The van der Waals surface area contributed by atoms with Crippen molar-refractivity contribution in [2.75, 3.05) is 14.2 Å². The highest BCUT2D eigenvalue weighted by atomic mass is 16.5. The van der Waals surface area contributed by atoms with Gasteiger partial charge in [0.15, 0.2) is 11.5 Å². The van der Waals surface area contributed by atoms with Crippen LogP contribution in [-0.4, -0.2) is 35.3 Å². The van der Waals surface area contributed by atoms with Crippen LogP contribution in [0, 0.1) is 6.92 Å². The molecule has 0 aliphatic carbocycles. The molecule has 0 spiro atoms. The standard InChI is InChI=1S/C20H21N3O5/c1-11-17-14(8-15(27-2)18(11)28-3)22-16(23-19(17)24)10-21-9-12-5-4-6-13(7-12)20(25)26/h4-8,21H,9-10H2,1-3H3,(H,25,26)(H,22,23,24). The number of carboxylic acids is 1. The van der Waals surface area contributed by atoms with Crippen LogP contribution in [0.1, 0.15) is 27.3 Å². The van der Waals surface area contributed by atoms with Gasteiger partial charge >= 0.3 is 5.97 Å². The second-order valence-electron chi connectivity index (χ2n) is 6.25. The van der Waals surface area contributed by atoms with Crippen LogP contribution in [0.25, 0.3) is 10.9 Å². The number of hydrogen-bond donors (Lipinski definition) is 3. The number of H-pyrrole nitrogens is 1. The maximum absolute atomic E-state index is 12.6. The third kappa shape index (κ3) is 3.81. The molecule has 146 valence electrons. The molecule has 0 radical (unpaired) electrons. The number of nitrogens with zero attached hydrogens (tertiary/aromatic N) is 1. The lowest BCUT2D eigenvalue weighted by Crippen LogP contribution is -2.20. The number of aromatic nitrogens is 2. The number of nitrogens with one attached hydrogen (secondary N) is 2. The van der Waals surface area contributed by atoms with Gasteiger partial charge in [-0.2, -0.15) is 0 Å². The first-order valence-electron chi connectivity index (χ1n) is 8.62. The number of methoxy groups -OCH3 is 2. The van der Waals surface area contributed by atoms with Gasteiger partial charge in [-0.1, -0.05) is 12.1 Å². The van der Waals surface area contributed by atoms with Crippen LogP contribution < -0.4 is 20.3 Å². The summed E-state index contributed by atoms with van der Waals surface area (Å²) in [6, 6.07) is 8.34. The van der Waals surface area contributed by atoms with Gasteiger partial charge in [0, 0.05) is 18.2 Å². The van der Waals surface area contributed by atoms with E-state index in [2.05, 4.69) is 15.3 Å². The zero-order valence-electron chi connectivity index (χ0n) is 15.8. The van der Waals surface area contributed by atoms with E-state index >= 15 is 0 Å². The first-order valence-corrected chi connectivity index (χ1v) is 8.62.